The lowest BCUT2D eigenvalue weighted by molar-refractivity contribution is 0.0691. The molecule has 88 valence electrons. The first-order valence-electron chi connectivity index (χ1n) is 5.24. The number of hydrogen-bond acceptors (Lipinski definition) is 4. The highest BCUT2D eigenvalue weighted by Crippen LogP contribution is 2.24. The van der Waals surface area contributed by atoms with E-state index >= 15 is 0 Å². The third kappa shape index (κ3) is 1.60. The van der Waals surface area contributed by atoms with Crippen LogP contribution in [-0.2, 0) is 0 Å². The summed E-state index contributed by atoms with van der Waals surface area (Å²) in [4.78, 5) is 15.0. The summed E-state index contributed by atoms with van der Waals surface area (Å²) in [6.45, 7) is 0. The van der Waals surface area contributed by atoms with Crippen LogP contribution in [0.5, 0.6) is 0 Å². The number of benzene rings is 1. The number of carbonyl (C=O) groups is 1. The van der Waals surface area contributed by atoms with Gasteiger partial charge in [-0.15, -0.1) is 5.10 Å². The lowest BCUT2D eigenvalue weighted by atomic mass is 10.1. The van der Waals surface area contributed by atoms with Gasteiger partial charge in [0.1, 0.15) is 5.69 Å². The van der Waals surface area contributed by atoms with Crippen molar-refractivity contribution >= 4 is 16.7 Å². The minimum Gasteiger partial charge on any atom is -0.476 e. The molecule has 6 nitrogen and oxygen atoms in total. The molecule has 3 aromatic rings. The average Bonchev–Trinajstić information content (AvgIpc) is 2.87. The Labute approximate surface area is 101 Å². The molecule has 2 N–H and O–H groups in total. The zero-order chi connectivity index (χ0) is 12.5. The van der Waals surface area contributed by atoms with Crippen LogP contribution in [0.15, 0.2) is 36.7 Å². The van der Waals surface area contributed by atoms with Crippen molar-refractivity contribution < 1.29 is 9.90 Å². The van der Waals surface area contributed by atoms with Gasteiger partial charge in [0.15, 0.2) is 5.69 Å². The number of nitrogens with one attached hydrogen (secondary N) is 1. The second kappa shape index (κ2) is 3.92. The van der Waals surface area contributed by atoms with Crippen molar-refractivity contribution in [3.8, 4) is 11.3 Å². The average molecular weight is 240 g/mol. The van der Waals surface area contributed by atoms with Crippen molar-refractivity contribution in [1.29, 1.82) is 0 Å². The summed E-state index contributed by atoms with van der Waals surface area (Å²) >= 11 is 0. The summed E-state index contributed by atoms with van der Waals surface area (Å²) in [7, 11) is 0. The predicted molar refractivity (Wildman–Crippen MR) is 64.1 cm³/mol. The van der Waals surface area contributed by atoms with Gasteiger partial charge in [-0.1, -0.05) is 12.1 Å². The van der Waals surface area contributed by atoms with Crippen molar-refractivity contribution in [2.45, 2.75) is 0 Å². The van der Waals surface area contributed by atoms with Crippen LogP contribution in [-0.4, -0.2) is 31.5 Å². The quantitative estimate of drug-likeness (QED) is 0.711. The first kappa shape index (κ1) is 10.4. The number of H-pyrrole nitrogens is 1. The van der Waals surface area contributed by atoms with E-state index < -0.39 is 5.97 Å². The number of carboxylic acids is 1. The number of hydrogen-bond donors (Lipinski definition) is 2. The molecule has 6 heteroatoms. The Morgan fingerprint density at radius 3 is 2.89 bits per heavy atom. The van der Waals surface area contributed by atoms with Crippen LogP contribution < -0.4 is 0 Å². The first-order valence-corrected chi connectivity index (χ1v) is 5.24. The molecule has 0 fully saturated rings. The second-order valence-corrected chi connectivity index (χ2v) is 3.76. The van der Waals surface area contributed by atoms with Crippen LogP contribution in [0.2, 0.25) is 0 Å². The number of pyridine rings is 1. The lowest BCUT2D eigenvalue weighted by Gasteiger charge is -2.00. The van der Waals surface area contributed by atoms with E-state index in [1.165, 1.54) is 0 Å². The van der Waals surface area contributed by atoms with Crippen molar-refractivity contribution in [2.75, 3.05) is 0 Å². The molecule has 0 saturated carbocycles. The lowest BCUT2D eigenvalue weighted by Crippen LogP contribution is -1.99. The van der Waals surface area contributed by atoms with E-state index in [0.717, 1.165) is 10.8 Å². The highest BCUT2D eigenvalue weighted by atomic mass is 16.4. The molecule has 0 aliphatic rings. The van der Waals surface area contributed by atoms with E-state index in [1.54, 1.807) is 12.4 Å². The largest absolute Gasteiger partial charge is 0.476 e. The SMILES string of the molecule is O=C(O)c1n[nH]nc1-c1ccc2ccncc2c1. The number of aromatic carboxylic acids is 1. The van der Waals surface area contributed by atoms with Gasteiger partial charge in [-0.05, 0) is 17.5 Å². The third-order valence-electron chi connectivity index (χ3n) is 2.66. The van der Waals surface area contributed by atoms with Crippen molar-refractivity contribution in [1.82, 2.24) is 20.4 Å². The molecule has 0 amide bonds. The maximum Gasteiger partial charge on any atom is 0.358 e. The normalized spacial score (nSPS) is 10.7. The number of aromatic amines is 1. The Morgan fingerprint density at radius 1 is 1.17 bits per heavy atom. The van der Waals surface area contributed by atoms with Gasteiger partial charge in [-0.25, -0.2) is 4.79 Å². The minimum atomic E-state index is -1.11. The molecule has 2 heterocycles. The van der Waals surface area contributed by atoms with E-state index in [-0.39, 0.29) is 5.69 Å². The molecular weight excluding hydrogens is 232 g/mol. The number of nitrogens with zero attached hydrogens (tertiary/aromatic N) is 3. The highest BCUT2D eigenvalue weighted by Gasteiger charge is 2.16. The molecule has 0 unspecified atom stereocenters. The molecule has 2 aromatic heterocycles. The molecule has 0 bridgehead atoms. The smallest absolute Gasteiger partial charge is 0.358 e. The Morgan fingerprint density at radius 2 is 2.06 bits per heavy atom. The van der Waals surface area contributed by atoms with Crippen molar-refractivity contribution in [2.24, 2.45) is 0 Å². The molecule has 0 aliphatic heterocycles. The summed E-state index contributed by atoms with van der Waals surface area (Å²) in [6.07, 6.45) is 3.43. The standard InChI is InChI=1S/C12H8N4O2/c17-12(18)11-10(14-16-15-11)8-2-1-7-3-4-13-6-9(7)5-8/h1-6H,(H,17,18)(H,14,15,16). The maximum atomic E-state index is 11.0. The Hall–Kier alpha value is -2.76. The van der Waals surface area contributed by atoms with Gasteiger partial charge >= 0.3 is 5.97 Å². The van der Waals surface area contributed by atoms with Crippen LogP contribution >= 0.6 is 0 Å². The van der Waals surface area contributed by atoms with Crippen LogP contribution in [0, 0.1) is 0 Å². The fourth-order valence-corrected chi connectivity index (χ4v) is 1.81. The molecule has 0 spiro atoms. The van der Waals surface area contributed by atoms with Crippen LogP contribution in [0.3, 0.4) is 0 Å². The van der Waals surface area contributed by atoms with E-state index in [9.17, 15) is 4.79 Å². The summed E-state index contributed by atoms with van der Waals surface area (Å²) in [5.74, 6) is -1.11. The van der Waals surface area contributed by atoms with E-state index in [1.807, 2.05) is 24.3 Å². The minimum absolute atomic E-state index is 0.0850. The molecule has 0 atom stereocenters. The molecule has 3 rings (SSSR count). The number of carboxylic acid groups (broad SMARTS) is 1. The monoisotopic (exact) mass is 240 g/mol. The highest BCUT2D eigenvalue weighted by molar-refractivity contribution is 5.94. The molecule has 0 radical (unpaired) electrons. The number of fused-ring (bicyclic) bond motifs is 1. The van der Waals surface area contributed by atoms with Gasteiger partial charge in [0.2, 0.25) is 0 Å². The molecule has 1 aromatic carbocycles. The van der Waals surface area contributed by atoms with Gasteiger partial charge in [0.25, 0.3) is 0 Å². The van der Waals surface area contributed by atoms with Crippen LogP contribution in [0.4, 0.5) is 0 Å². The van der Waals surface area contributed by atoms with E-state index in [2.05, 4.69) is 20.4 Å². The number of aromatic nitrogens is 4. The third-order valence-corrected chi connectivity index (χ3v) is 2.66. The fraction of sp³-hybridized carbons (Fsp3) is 0. The second-order valence-electron chi connectivity index (χ2n) is 3.76. The van der Waals surface area contributed by atoms with E-state index in [4.69, 9.17) is 5.11 Å². The predicted octanol–water partition coefficient (Wildman–Crippen LogP) is 1.72. The zero-order valence-corrected chi connectivity index (χ0v) is 9.16. The summed E-state index contributed by atoms with van der Waals surface area (Å²) in [5.41, 5.74) is 0.938. The van der Waals surface area contributed by atoms with E-state index in [0.29, 0.717) is 11.3 Å². The molecule has 0 saturated heterocycles. The van der Waals surface area contributed by atoms with Gasteiger partial charge < -0.3 is 5.11 Å². The Kier molecular flexibility index (Phi) is 2.26. The number of rotatable bonds is 2. The maximum absolute atomic E-state index is 11.0. The molecular formula is C12H8N4O2. The molecule has 0 aliphatic carbocycles. The van der Waals surface area contributed by atoms with Crippen molar-refractivity contribution in [3.63, 3.8) is 0 Å². The van der Waals surface area contributed by atoms with Crippen molar-refractivity contribution in [3.05, 3.63) is 42.4 Å². The Balaban J connectivity index is 2.19. The topological polar surface area (TPSA) is 91.8 Å². The van der Waals surface area contributed by atoms with Crippen LogP contribution in [0.1, 0.15) is 10.5 Å². The van der Waals surface area contributed by atoms with Gasteiger partial charge in [0.05, 0.1) is 0 Å². The van der Waals surface area contributed by atoms with Crippen LogP contribution in [0.25, 0.3) is 22.0 Å². The van der Waals surface area contributed by atoms with Gasteiger partial charge in [0, 0.05) is 23.3 Å². The summed E-state index contributed by atoms with van der Waals surface area (Å²) in [6, 6.07) is 7.44. The van der Waals surface area contributed by atoms with Gasteiger partial charge in [-0.3, -0.25) is 4.98 Å². The first-order chi connectivity index (χ1) is 8.75. The summed E-state index contributed by atoms with van der Waals surface area (Å²) < 4.78 is 0. The Bertz CT molecular complexity index is 736. The zero-order valence-electron chi connectivity index (χ0n) is 9.16. The molecule has 18 heavy (non-hydrogen) atoms. The fourth-order valence-electron chi connectivity index (χ4n) is 1.81. The summed E-state index contributed by atoms with van der Waals surface area (Å²) in [5, 5.41) is 20.8. The van der Waals surface area contributed by atoms with Gasteiger partial charge in [-0.2, -0.15) is 10.3 Å².